The molecule has 0 saturated carbocycles. The molecule has 0 aliphatic carbocycles. The van der Waals surface area contributed by atoms with E-state index in [0.29, 0.717) is 12.3 Å². The summed E-state index contributed by atoms with van der Waals surface area (Å²) >= 11 is 0. The summed E-state index contributed by atoms with van der Waals surface area (Å²) in [6.45, 7) is 6.71. The molecule has 126 valence electrons. The predicted molar refractivity (Wildman–Crippen MR) is 91.7 cm³/mol. The molecule has 0 radical (unpaired) electrons. The Balaban J connectivity index is 1.77. The summed E-state index contributed by atoms with van der Waals surface area (Å²) in [5.41, 5.74) is 1.39. The van der Waals surface area contributed by atoms with Crippen molar-refractivity contribution in [2.24, 2.45) is 0 Å². The number of ether oxygens (including phenoxy) is 1. The quantitative estimate of drug-likeness (QED) is 0.867. The van der Waals surface area contributed by atoms with E-state index in [1.165, 1.54) is 0 Å². The second-order valence-electron chi connectivity index (χ2n) is 6.50. The number of aryl methyl sites for hydroxylation is 2. The summed E-state index contributed by atoms with van der Waals surface area (Å²) in [6.07, 6.45) is 1.82. The number of aromatic nitrogens is 2. The summed E-state index contributed by atoms with van der Waals surface area (Å²) in [5, 5.41) is 0. The Labute approximate surface area is 142 Å². The van der Waals surface area contributed by atoms with Gasteiger partial charge < -0.3 is 9.64 Å². The SMILES string of the molecule is Cc1cc(C)nc([C@@]2(C)CCCN2C(=O)COc2ccccc2)n1. The number of para-hydroxylation sites is 1. The lowest BCUT2D eigenvalue weighted by Gasteiger charge is -2.34. The molecular weight excluding hydrogens is 302 g/mol. The van der Waals surface area contributed by atoms with Gasteiger partial charge >= 0.3 is 0 Å². The highest BCUT2D eigenvalue weighted by atomic mass is 16.5. The van der Waals surface area contributed by atoms with Gasteiger partial charge in [-0.25, -0.2) is 9.97 Å². The van der Waals surface area contributed by atoms with Crippen molar-refractivity contribution in [2.75, 3.05) is 13.2 Å². The summed E-state index contributed by atoms with van der Waals surface area (Å²) in [5.74, 6) is 1.40. The lowest BCUT2D eigenvalue weighted by molar-refractivity contribution is -0.137. The van der Waals surface area contributed by atoms with Crippen molar-refractivity contribution >= 4 is 5.91 Å². The first-order valence-electron chi connectivity index (χ1n) is 8.30. The third-order valence-corrected chi connectivity index (χ3v) is 4.51. The molecule has 3 rings (SSSR count). The number of benzene rings is 1. The van der Waals surface area contributed by atoms with Gasteiger partial charge in [0.15, 0.2) is 12.4 Å². The van der Waals surface area contributed by atoms with Crippen LogP contribution in [0.15, 0.2) is 36.4 Å². The summed E-state index contributed by atoms with van der Waals surface area (Å²) < 4.78 is 5.62. The minimum absolute atomic E-state index is 0.0263. The Morgan fingerprint density at radius 1 is 1.21 bits per heavy atom. The average molecular weight is 325 g/mol. The molecule has 1 aliphatic heterocycles. The van der Waals surface area contributed by atoms with Gasteiger partial charge in [0.1, 0.15) is 5.75 Å². The van der Waals surface area contributed by atoms with E-state index in [2.05, 4.69) is 16.9 Å². The first-order chi connectivity index (χ1) is 11.5. The molecule has 2 heterocycles. The molecular formula is C19H23N3O2. The van der Waals surface area contributed by atoms with Crippen molar-refractivity contribution in [2.45, 2.75) is 39.2 Å². The average Bonchev–Trinajstić information content (AvgIpc) is 2.96. The Hall–Kier alpha value is -2.43. The van der Waals surface area contributed by atoms with Crippen molar-refractivity contribution in [3.63, 3.8) is 0 Å². The molecule has 0 spiro atoms. The second kappa shape index (κ2) is 6.59. The van der Waals surface area contributed by atoms with Crippen molar-refractivity contribution < 1.29 is 9.53 Å². The summed E-state index contributed by atoms with van der Waals surface area (Å²) in [4.78, 5) is 23.8. The van der Waals surface area contributed by atoms with Crippen molar-refractivity contribution in [3.8, 4) is 5.75 Å². The normalized spacial score (nSPS) is 20.2. The van der Waals surface area contributed by atoms with Gasteiger partial charge in [0.25, 0.3) is 5.91 Å². The standard InChI is InChI=1S/C19H23N3O2/c1-14-12-15(2)21-18(20-14)19(3)10-7-11-22(19)17(23)13-24-16-8-5-4-6-9-16/h4-6,8-9,12H,7,10-11,13H2,1-3H3/t19-/m1/s1. The van der Waals surface area contributed by atoms with Crippen LogP contribution >= 0.6 is 0 Å². The molecule has 0 bridgehead atoms. The molecule has 1 aliphatic rings. The topological polar surface area (TPSA) is 55.3 Å². The first-order valence-corrected chi connectivity index (χ1v) is 8.30. The van der Waals surface area contributed by atoms with E-state index in [4.69, 9.17) is 4.74 Å². The molecule has 1 aromatic heterocycles. The van der Waals surface area contributed by atoms with E-state index >= 15 is 0 Å². The number of hydrogen-bond donors (Lipinski definition) is 0. The Kier molecular flexibility index (Phi) is 4.51. The largest absolute Gasteiger partial charge is 0.484 e. The molecule has 0 unspecified atom stereocenters. The van der Waals surface area contributed by atoms with Gasteiger partial charge in [0.05, 0.1) is 5.54 Å². The zero-order valence-electron chi connectivity index (χ0n) is 14.5. The maximum atomic E-state index is 12.7. The number of amides is 1. The van der Waals surface area contributed by atoms with E-state index in [1.807, 2.05) is 55.1 Å². The Morgan fingerprint density at radius 3 is 2.54 bits per heavy atom. The predicted octanol–water partition coefficient (Wildman–Crippen LogP) is 3.01. The Morgan fingerprint density at radius 2 is 1.88 bits per heavy atom. The van der Waals surface area contributed by atoms with Crippen LogP contribution in [0.5, 0.6) is 5.75 Å². The van der Waals surface area contributed by atoms with Crippen LogP contribution in [0.3, 0.4) is 0 Å². The van der Waals surface area contributed by atoms with Crippen molar-refractivity contribution in [3.05, 3.63) is 53.6 Å². The molecule has 1 saturated heterocycles. The fourth-order valence-electron chi connectivity index (χ4n) is 3.30. The molecule has 24 heavy (non-hydrogen) atoms. The van der Waals surface area contributed by atoms with Gasteiger partial charge in [-0.2, -0.15) is 0 Å². The zero-order valence-corrected chi connectivity index (χ0v) is 14.5. The number of carbonyl (C=O) groups excluding carboxylic acids is 1. The summed E-state index contributed by atoms with van der Waals surface area (Å²) in [6, 6.07) is 11.4. The van der Waals surface area contributed by atoms with E-state index < -0.39 is 5.54 Å². The highest BCUT2D eigenvalue weighted by Gasteiger charge is 2.43. The molecule has 0 N–H and O–H groups in total. The number of likely N-dealkylation sites (tertiary alicyclic amines) is 1. The Bertz CT molecular complexity index is 712. The third-order valence-electron chi connectivity index (χ3n) is 4.51. The minimum Gasteiger partial charge on any atom is -0.484 e. The molecule has 5 nitrogen and oxygen atoms in total. The lowest BCUT2D eigenvalue weighted by atomic mass is 9.97. The van der Waals surface area contributed by atoms with Crippen LogP contribution in [-0.2, 0) is 10.3 Å². The van der Waals surface area contributed by atoms with Crippen molar-refractivity contribution in [1.82, 2.24) is 14.9 Å². The molecule has 2 aromatic rings. The highest BCUT2D eigenvalue weighted by molar-refractivity contribution is 5.79. The van der Waals surface area contributed by atoms with Crippen LogP contribution in [0.2, 0.25) is 0 Å². The highest BCUT2D eigenvalue weighted by Crippen LogP contribution is 2.37. The minimum atomic E-state index is -0.464. The van der Waals surface area contributed by atoms with Gasteiger partial charge in [-0.15, -0.1) is 0 Å². The maximum absolute atomic E-state index is 12.7. The molecule has 1 atom stereocenters. The number of carbonyl (C=O) groups is 1. The maximum Gasteiger partial charge on any atom is 0.261 e. The summed E-state index contributed by atoms with van der Waals surface area (Å²) in [7, 11) is 0. The fraction of sp³-hybridized carbons (Fsp3) is 0.421. The smallest absolute Gasteiger partial charge is 0.261 e. The molecule has 1 aromatic carbocycles. The van der Waals surface area contributed by atoms with Gasteiger partial charge in [-0.3, -0.25) is 4.79 Å². The van der Waals surface area contributed by atoms with Gasteiger partial charge in [-0.05, 0) is 51.8 Å². The van der Waals surface area contributed by atoms with Crippen LogP contribution in [0.1, 0.15) is 37.0 Å². The van der Waals surface area contributed by atoms with Gasteiger partial charge in [-0.1, -0.05) is 18.2 Å². The zero-order chi connectivity index (χ0) is 17.2. The van der Waals surface area contributed by atoms with Crippen LogP contribution in [0.4, 0.5) is 0 Å². The van der Waals surface area contributed by atoms with E-state index in [1.54, 1.807) is 0 Å². The van der Waals surface area contributed by atoms with E-state index in [-0.39, 0.29) is 12.5 Å². The third kappa shape index (κ3) is 3.25. The molecule has 1 fully saturated rings. The monoisotopic (exact) mass is 325 g/mol. The van der Waals surface area contributed by atoms with Crippen LogP contribution in [0, 0.1) is 13.8 Å². The van der Waals surface area contributed by atoms with Gasteiger partial charge in [0, 0.05) is 17.9 Å². The first kappa shape index (κ1) is 16.4. The fourth-order valence-corrected chi connectivity index (χ4v) is 3.30. The number of rotatable bonds is 4. The van der Waals surface area contributed by atoms with Crippen LogP contribution in [0.25, 0.3) is 0 Å². The lowest BCUT2D eigenvalue weighted by Crippen LogP contribution is -2.46. The number of nitrogens with zero attached hydrogens (tertiary/aromatic N) is 3. The number of hydrogen-bond acceptors (Lipinski definition) is 4. The second-order valence-corrected chi connectivity index (χ2v) is 6.50. The van der Waals surface area contributed by atoms with Gasteiger partial charge in [0.2, 0.25) is 0 Å². The van der Waals surface area contributed by atoms with E-state index in [9.17, 15) is 4.79 Å². The molecule has 1 amide bonds. The molecule has 5 heteroatoms. The van der Waals surface area contributed by atoms with Crippen LogP contribution < -0.4 is 4.74 Å². The van der Waals surface area contributed by atoms with Crippen LogP contribution in [-0.4, -0.2) is 33.9 Å². The van der Waals surface area contributed by atoms with Crippen molar-refractivity contribution in [1.29, 1.82) is 0 Å². The van der Waals surface area contributed by atoms with E-state index in [0.717, 1.165) is 30.1 Å².